The summed E-state index contributed by atoms with van der Waals surface area (Å²) in [6.45, 7) is 3.14. The van der Waals surface area contributed by atoms with Gasteiger partial charge in [0.2, 0.25) is 0 Å². The van der Waals surface area contributed by atoms with Crippen molar-refractivity contribution in [1.29, 1.82) is 0 Å². The van der Waals surface area contributed by atoms with Gasteiger partial charge in [-0.1, -0.05) is 0 Å². The Morgan fingerprint density at radius 2 is 1.59 bits per heavy atom. The van der Waals surface area contributed by atoms with Crippen molar-refractivity contribution in [1.82, 2.24) is 5.32 Å². The molecule has 0 unspecified atom stereocenters. The number of carbonyl (C=O) groups is 1. The van der Waals surface area contributed by atoms with E-state index in [1.54, 1.807) is 7.11 Å². The van der Waals surface area contributed by atoms with Gasteiger partial charge in [-0.25, -0.2) is 0 Å². The summed E-state index contributed by atoms with van der Waals surface area (Å²) >= 11 is 0. The molecule has 0 radical (unpaired) electrons. The molecular formula is C16H26N2O4. The molecular weight excluding hydrogens is 284 g/mol. The van der Waals surface area contributed by atoms with Crippen LogP contribution >= 0.6 is 0 Å². The second kappa shape index (κ2) is 11.0. The van der Waals surface area contributed by atoms with Crippen LogP contribution in [0, 0.1) is 0 Å². The van der Waals surface area contributed by atoms with Crippen molar-refractivity contribution < 1.29 is 19.0 Å². The predicted octanol–water partition coefficient (Wildman–Crippen LogP) is 1.16. The smallest absolute Gasteiger partial charge is 0.251 e. The quantitative estimate of drug-likeness (QED) is 0.622. The number of methoxy groups -OCH3 is 1. The molecule has 6 nitrogen and oxygen atoms in total. The number of rotatable bonds is 11. The Bertz CT molecular complexity index is 421. The third-order valence-electron chi connectivity index (χ3n) is 2.98. The van der Waals surface area contributed by atoms with E-state index in [0.717, 1.165) is 5.69 Å². The molecule has 0 saturated heterocycles. The zero-order valence-electron chi connectivity index (χ0n) is 13.6. The summed E-state index contributed by atoms with van der Waals surface area (Å²) in [6, 6.07) is 7.47. The number of hydrogen-bond donors (Lipinski definition) is 1. The highest BCUT2D eigenvalue weighted by Gasteiger charge is 2.05. The summed E-state index contributed by atoms with van der Waals surface area (Å²) < 4.78 is 15.5. The van der Waals surface area contributed by atoms with Crippen LogP contribution in [0.2, 0.25) is 0 Å². The largest absolute Gasteiger partial charge is 0.382 e. The van der Waals surface area contributed by atoms with E-state index >= 15 is 0 Å². The number of nitrogens with one attached hydrogen (secondary N) is 1. The van der Waals surface area contributed by atoms with Crippen molar-refractivity contribution in [2.45, 2.75) is 0 Å². The maximum atomic E-state index is 11.9. The average Bonchev–Trinajstić information content (AvgIpc) is 2.53. The molecule has 1 rings (SSSR count). The highest BCUT2D eigenvalue weighted by molar-refractivity contribution is 5.94. The van der Waals surface area contributed by atoms with E-state index in [4.69, 9.17) is 14.2 Å². The van der Waals surface area contributed by atoms with Gasteiger partial charge in [-0.2, -0.15) is 0 Å². The zero-order chi connectivity index (χ0) is 16.2. The van der Waals surface area contributed by atoms with E-state index in [-0.39, 0.29) is 5.91 Å². The minimum atomic E-state index is -0.0924. The number of benzene rings is 1. The van der Waals surface area contributed by atoms with Gasteiger partial charge in [-0.15, -0.1) is 0 Å². The average molecular weight is 310 g/mol. The van der Waals surface area contributed by atoms with Crippen LogP contribution in [0.1, 0.15) is 10.4 Å². The lowest BCUT2D eigenvalue weighted by molar-refractivity contribution is 0.0255. The molecule has 0 aliphatic carbocycles. The fraction of sp³-hybridized carbons (Fsp3) is 0.562. The molecule has 22 heavy (non-hydrogen) atoms. The van der Waals surface area contributed by atoms with E-state index in [0.29, 0.717) is 45.1 Å². The number of hydrogen-bond acceptors (Lipinski definition) is 5. The highest BCUT2D eigenvalue weighted by Crippen LogP contribution is 2.11. The Morgan fingerprint density at radius 3 is 2.18 bits per heavy atom. The molecule has 0 spiro atoms. The van der Waals surface area contributed by atoms with Crippen molar-refractivity contribution in [3.63, 3.8) is 0 Å². The number of anilines is 1. The molecule has 0 heterocycles. The van der Waals surface area contributed by atoms with Crippen molar-refractivity contribution in [2.24, 2.45) is 0 Å². The van der Waals surface area contributed by atoms with Crippen LogP contribution in [-0.2, 0) is 14.2 Å². The van der Waals surface area contributed by atoms with Gasteiger partial charge in [0.1, 0.15) is 0 Å². The van der Waals surface area contributed by atoms with Gasteiger partial charge in [0, 0.05) is 39.0 Å². The fourth-order valence-corrected chi connectivity index (χ4v) is 1.71. The van der Waals surface area contributed by atoms with Crippen LogP contribution in [0.3, 0.4) is 0 Å². The second-order valence-corrected chi connectivity index (χ2v) is 4.91. The topological polar surface area (TPSA) is 60.0 Å². The third kappa shape index (κ3) is 7.40. The number of nitrogens with zero attached hydrogens (tertiary/aromatic N) is 1. The van der Waals surface area contributed by atoms with Gasteiger partial charge in [-0.05, 0) is 24.3 Å². The van der Waals surface area contributed by atoms with E-state index in [9.17, 15) is 4.79 Å². The molecule has 0 aliphatic heterocycles. The second-order valence-electron chi connectivity index (χ2n) is 4.91. The first kappa shape index (κ1) is 18.4. The van der Waals surface area contributed by atoms with E-state index < -0.39 is 0 Å². The Morgan fingerprint density at radius 1 is 1.00 bits per heavy atom. The lowest BCUT2D eigenvalue weighted by Crippen LogP contribution is -2.27. The lowest BCUT2D eigenvalue weighted by atomic mass is 10.2. The van der Waals surface area contributed by atoms with E-state index in [1.807, 2.05) is 43.3 Å². The highest BCUT2D eigenvalue weighted by atomic mass is 16.5. The summed E-state index contributed by atoms with van der Waals surface area (Å²) in [7, 11) is 5.56. The minimum Gasteiger partial charge on any atom is -0.382 e. The van der Waals surface area contributed by atoms with Gasteiger partial charge in [0.05, 0.1) is 33.0 Å². The van der Waals surface area contributed by atoms with Crippen molar-refractivity contribution >= 4 is 11.6 Å². The maximum absolute atomic E-state index is 11.9. The molecule has 1 aromatic carbocycles. The van der Waals surface area contributed by atoms with Crippen molar-refractivity contribution in [2.75, 3.05) is 65.7 Å². The standard InChI is InChI=1S/C16H26N2O4/c1-18(2)15-6-4-14(5-7-15)16(19)17-8-9-21-12-13-22-11-10-20-3/h4-7H,8-13H2,1-3H3,(H,17,19). The number of ether oxygens (including phenoxy) is 3. The molecule has 0 bridgehead atoms. The molecule has 1 amide bonds. The van der Waals surface area contributed by atoms with Crippen LogP contribution in [0.25, 0.3) is 0 Å². The summed E-state index contributed by atoms with van der Waals surface area (Å²) in [4.78, 5) is 13.9. The van der Waals surface area contributed by atoms with Crippen LogP contribution < -0.4 is 10.2 Å². The number of carbonyl (C=O) groups excluding carboxylic acids is 1. The minimum absolute atomic E-state index is 0.0924. The van der Waals surface area contributed by atoms with Crippen LogP contribution in [0.5, 0.6) is 0 Å². The van der Waals surface area contributed by atoms with E-state index in [1.165, 1.54) is 0 Å². The molecule has 0 saturated carbocycles. The van der Waals surface area contributed by atoms with Crippen LogP contribution in [-0.4, -0.2) is 66.7 Å². The molecule has 124 valence electrons. The normalized spacial score (nSPS) is 10.5. The predicted molar refractivity (Wildman–Crippen MR) is 86.6 cm³/mol. The number of amides is 1. The molecule has 6 heteroatoms. The van der Waals surface area contributed by atoms with E-state index in [2.05, 4.69) is 5.32 Å². The van der Waals surface area contributed by atoms with Crippen molar-refractivity contribution in [3.05, 3.63) is 29.8 Å². The third-order valence-corrected chi connectivity index (χ3v) is 2.98. The maximum Gasteiger partial charge on any atom is 0.251 e. The molecule has 0 fully saturated rings. The molecule has 1 aromatic rings. The van der Waals surface area contributed by atoms with Crippen LogP contribution in [0.4, 0.5) is 5.69 Å². The Labute approximate surface area is 132 Å². The van der Waals surface area contributed by atoms with Crippen LogP contribution in [0.15, 0.2) is 24.3 Å². The first-order valence-electron chi connectivity index (χ1n) is 7.35. The Balaban J connectivity index is 2.10. The summed E-state index contributed by atoms with van der Waals surface area (Å²) in [5, 5.41) is 2.82. The van der Waals surface area contributed by atoms with Gasteiger partial charge in [-0.3, -0.25) is 4.79 Å². The summed E-state index contributed by atoms with van der Waals surface area (Å²) in [5.74, 6) is -0.0924. The summed E-state index contributed by atoms with van der Waals surface area (Å²) in [5.41, 5.74) is 1.71. The Kier molecular flexibility index (Phi) is 9.21. The Hall–Kier alpha value is -1.63. The van der Waals surface area contributed by atoms with Gasteiger partial charge < -0.3 is 24.4 Å². The lowest BCUT2D eigenvalue weighted by Gasteiger charge is -2.12. The zero-order valence-corrected chi connectivity index (χ0v) is 13.6. The monoisotopic (exact) mass is 310 g/mol. The van der Waals surface area contributed by atoms with Gasteiger partial charge in [0.25, 0.3) is 5.91 Å². The first-order valence-corrected chi connectivity index (χ1v) is 7.35. The van der Waals surface area contributed by atoms with Gasteiger partial charge >= 0.3 is 0 Å². The molecule has 1 N–H and O–H groups in total. The van der Waals surface area contributed by atoms with Crippen molar-refractivity contribution in [3.8, 4) is 0 Å². The molecule has 0 atom stereocenters. The van der Waals surface area contributed by atoms with Gasteiger partial charge in [0.15, 0.2) is 0 Å². The fourth-order valence-electron chi connectivity index (χ4n) is 1.71. The first-order chi connectivity index (χ1) is 10.6. The molecule has 0 aliphatic rings. The molecule has 0 aromatic heterocycles. The summed E-state index contributed by atoms with van der Waals surface area (Å²) in [6.07, 6.45) is 0. The SMILES string of the molecule is COCCOCCOCCNC(=O)c1ccc(N(C)C)cc1.